The van der Waals surface area contributed by atoms with Crippen molar-refractivity contribution in [2.75, 3.05) is 13.5 Å². The van der Waals surface area contributed by atoms with Crippen molar-refractivity contribution in [3.8, 4) is 11.5 Å². The molecule has 2 atom stereocenters. The molecular formula is C12H17B2NO4. The van der Waals surface area contributed by atoms with E-state index in [2.05, 4.69) is 0 Å². The number of nitrogens with zero attached hydrogens (tertiary/aromatic N) is 1. The van der Waals surface area contributed by atoms with E-state index in [1.807, 2.05) is 26.7 Å². The standard InChI is InChI=1S/C12H17B2NO4/c1-7(15(2)6-13)11(16)8-3-4-9-10(5-8)19-12(14,17)18-9/h3-5,7,17H,6,13-14H2,1-2H3. The summed E-state index contributed by atoms with van der Waals surface area (Å²) in [6, 6.07) is 4.74. The normalized spacial score (nSPS) is 22.5. The third kappa shape index (κ3) is 2.77. The molecule has 0 aliphatic carbocycles. The summed E-state index contributed by atoms with van der Waals surface area (Å²) in [5.41, 5.74) is 0.549. The summed E-state index contributed by atoms with van der Waals surface area (Å²) in [7, 11) is 5.31. The Morgan fingerprint density at radius 3 is 2.74 bits per heavy atom. The molecule has 1 aromatic carbocycles. The molecular weight excluding hydrogens is 244 g/mol. The molecule has 5 nitrogen and oxygen atoms in total. The minimum Gasteiger partial charge on any atom is -0.435 e. The molecule has 0 spiro atoms. The number of fused-ring (bicyclic) bond motifs is 1. The van der Waals surface area contributed by atoms with Gasteiger partial charge in [-0.3, -0.25) is 4.79 Å². The maximum Gasteiger partial charge on any atom is 0.310 e. The lowest BCUT2D eigenvalue weighted by Gasteiger charge is -2.21. The number of carbonyl (C=O) groups excluding carboxylic acids is 1. The molecule has 0 bridgehead atoms. The number of hydrogen-bond donors (Lipinski definition) is 1. The van der Waals surface area contributed by atoms with Crippen LogP contribution in [-0.2, 0) is 0 Å². The van der Waals surface area contributed by atoms with Gasteiger partial charge in [0, 0.05) is 5.56 Å². The summed E-state index contributed by atoms with van der Waals surface area (Å²) >= 11 is 0. The molecule has 1 aromatic rings. The molecule has 0 radical (unpaired) electrons. The van der Waals surface area contributed by atoms with Crippen LogP contribution in [0.5, 0.6) is 11.5 Å². The molecule has 19 heavy (non-hydrogen) atoms. The number of aliphatic hydroxyl groups is 1. The smallest absolute Gasteiger partial charge is 0.310 e. The van der Waals surface area contributed by atoms with Gasteiger partial charge in [0.1, 0.15) is 7.85 Å². The monoisotopic (exact) mass is 261 g/mol. The van der Waals surface area contributed by atoms with Gasteiger partial charge in [-0.2, -0.15) is 0 Å². The number of likely N-dealkylation sites (N-methyl/N-ethyl adjacent to an activating group) is 1. The minimum absolute atomic E-state index is 0.0160. The van der Waals surface area contributed by atoms with Crippen LogP contribution >= 0.6 is 0 Å². The number of benzene rings is 1. The van der Waals surface area contributed by atoms with E-state index in [0.717, 1.165) is 6.44 Å². The Hall–Kier alpha value is -1.46. The first-order valence-corrected chi connectivity index (χ1v) is 6.33. The van der Waals surface area contributed by atoms with Crippen molar-refractivity contribution in [1.29, 1.82) is 0 Å². The fourth-order valence-electron chi connectivity index (χ4n) is 1.97. The SMILES string of the molecule is BCN(C)C(C)C(=O)c1ccc2c(c1)OC(B)(O)O2. The summed E-state index contributed by atoms with van der Waals surface area (Å²) in [6.07, 6.45) is 0.798. The molecule has 0 aromatic heterocycles. The molecule has 7 heteroatoms. The second kappa shape index (κ2) is 4.90. The highest BCUT2D eigenvalue weighted by atomic mass is 16.8. The van der Waals surface area contributed by atoms with Crippen LogP contribution in [0.25, 0.3) is 0 Å². The minimum atomic E-state index is -1.66. The Labute approximate surface area is 114 Å². The van der Waals surface area contributed by atoms with Crippen molar-refractivity contribution in [3.63, 3.8) is 0 Å². The Morgan fingerprint density at radius 1 is 1.47 bits per heavy atom. The number of Topliss-reactive ketones (excluding diaryl/α,β-unsaturated/α-hetero) is 1. The maximum atomic E-state index is 12.3. The Bertz CT molecular complexity index is 507. The predicted molar refractivity (Wildman–Crippen MR) is 76.2 cm³/mol. The first-order chi connectivity index (χ1) is 8.84. The van der Waals surface area contributed by atoms with Crippen LogP contribution in [0.15, 0.2) is 18.2 Å². The van der Waals surface area contributed by atoms with Crippen molar-refractivity contribution in [2.45, 2.75) is 18.8 Å². The average molecular weight is 261 g/mol. The lowest BCUT2D eigenvalue weighted by Crippen LogP contribution is -2.38. The fraction of sp³-hybridized carbons (Fsp3) is 0.417. The van der Waals surface area contributed by atoms with E-state index in [1.54, 1.807) is 18.2 Å². The zero-order valence-electron chi connectivity index (χ0n) is 11.6. The van der Waals surface area contributed by atoms with Crippen LogP contribution in [0.1, 0.15) is 17.3 Å². The van der Waals surface area contributed by atoms with E-state index < -0.39 is 5.87 Å². The number of carbonyl (C=O) groups is 1. The van der Waals surface area contributed by atoms with Crippen LogP contribution in [0.4, 0.5) is 0 Å². The van der Waals surface area contributed by atoms with Crippen LogP contribution in [0, 0.1) is 0 Å². The highest BCUT2D eigenvalue weighted by Gasteiger charge is 2.34. The molecule has 1 heterocycles. The molecule has 100 valence electrons. The summed E-state index contributed by atoms with van der Waals surface area (Å²) < 4.78 is 10.4. The van der Waals surface area contributed by atoms with E-state index in [9.17, 15) is 9.90 Å². The van der Waals surface area contributed by atoms with Gasteiger partial charge in [-0.25, -0.2) is 0 Å². The Kier molecular flexibility index (Phi) is 3.60. The topological polar surface area (TPSA) is 59.0 Å². The number of hydrogen-bond acceptors (Lipinski definition) is 5. The van der Waals surface area contributed by atoms with Gasteiger partial charge >= 0.3 is 5.87 Å². The summed E-state index contributed by atoms with van der Waals surface area (Å²) in [6.45, 7) is 1.87. The number of ketones is 1. The number of ether oxygens (including phenoxy) is 2. The lowest BCUT2D eigenvalue weighted by molar-refractivity contribution is -0.178. The van der Waals surface area contributed by atoms with Gasteiger partial charge in [0.2, 0.25) is 0 Å². The summed E-state index contributed by atoms with van der Waals surface area (Å²) in [5.74, 6) is -0.807. The number of rotatable bonds is 4. The van der Waals surface area contributed by atoms with Crippen molar-refractivity contribution in [2.24, 2.45) is 0 Å². The van der Waals surface area contributed by atoms with Gasteiger partial charge in [-0.15, -0.1) is 0 Å². The summed E-state index contributed by atoms with van der Waals surface area (Å²) in [5, 5.41) is 9.64. The van der Waals surface area contributed by atoms with Crippen molar-refractivity contribution < 1.29 is 19.4 Å². The zero-order chi connectivity index (χ0) is 14.2. The van der Waals surface area contributed by atoms with Gasteiger partial charge in [-0.1, -0.05) is 0 Å². The van der Waals surface area contributed by atoms with Gasteiger partial charge in [0.25, 0.3) is 7.85 Å². The maximum absolute atomic E-state index is 12.3. The van der Waals surface area contributed by atoms with Crippen LogP contribution < -0.4 is 9.47 Å². The van der Waals surface area contributed by atoms with Crippen LogP contribution in [-0.4, -0.2) is 56.9 Å². The quantitative estimate of drug-likeness (QED) is 0.544. The third-order valence-corrected chi connectivity index (χ3v) is 3.37. The van der Waals surface area contributed by atoms with Gasteiger partial charge < -0.3 is 19.5 Å². The van der Waals surface area contributed by atoms with Gasteiger partial charge in [0.15, 0.2) is 17.3 Å². The van der Waals surface area contributed by atoms with E-state index in [-0.39, 0.29) is 11.8 Å². The predicted octanol–water partition coefficient (Wildman–Crippen LogP) is -1.21. The fourth-order valence-corrected chi connectivity index (χ4v) is 1.97. The first-order valence-electron chi connectivity index (χ1n) is 6.33. The van der Waals surface area contributed by atoms with Gasteiger partial charge in [-0.05, 0) is 38.6 Å². The van der Waals surface area contributed by atoms with Crippen molar-refractivity contribution in [3.05, 3.63) is 23.8 Å². The first kappa shape index (κ1) is 14.0. The molecule has 1 aliphatic heterocycles. The highest BCUT2D eigenvalue weighted by molar-refractivity contribution is 6.13. The molecule has 2 rings (SSSR count). The second-order valence-electron chi connectivity index (χ2n) is 4.88. The van der Waals surface area contributed by atoms with E-state index in [1.165, 1.54) is 7.85 Å². The van der Waals surface area contributed by atoms with Crippen LogP contribution in [0.3, 0.4) is 0 Å². The third-order valence-electron chi connectivity index (χ3n) is 3.37. The van der Waals surface area contributed by atoms with E-state index >= 15 is 0 Å². The molecule has 1 N–H and O–H groups in total. The van der Waals surface area contributed by atoms with Crippen molar-refractivity contribution in [1.82, 2.24) is 4.90 Å². The average Bonchev–Trinajstić information content (AvgIpc) is 2.68. The zero-order valence-corrected chi connectivity index (χ0v) is 11.6. The molecule has 0 saturated heterocycles. The molecule has 1 aliphatic rings. The highest BCUT2D eigenvalue weighted by Crippen LogP contribution is 2.37. The Balaban J connectivity index is 2.22. The van der Waals surface area contributed by atoms with E-state index in [0.29, 0.717) is 17.1 Å². The largest absolute Gasteiger partial charge is 0.435 e. The van der Waals surface area contributed by atoms with Crippen LogP contribution in [0.2, 0.25) is 0 Å². The van der Waals surface area contributed by atoms with Gasteiger partial charge in [0.05, 0.1) is 6.04 Å². The van der Waals surface area contributed by atoms with Crippen molar-refractivity contribution >= 4 is 21.5 Å². The molecule has 0 fully saturated rings. The lowest BCUT2D eigenvalue weighted by atomic mass is 10.0. The molecule has 0 amide bonds. The second-order valence-corrected chi connectivity index (χ2v) is 4.88. The van der Waals surface area contributed by atoms with E-state index in [4.69, 9.17) is 9.47 Å². The summed E-state index contributed by atoms with van der Waals surface area (Å²) in [4.78, 5) is 14.3. The molecule has 0 saturated carbocycles. The molecule has 2 unspecified atom stereocenters. The Morgan fingerprint density at radius 2 is 2.11 bits per heavy atom.